The third-order valence-electron chi connectivity index (χ3n) is 3.46. The Kier molecular flexibility index (Phi) is 2.94. The molecule has 0 saturated carbocycles. The lowest BCUT2D eigenvalue weighted by Crippen LogP contribution is -1.93. The largest absolute Gasteiger partial charge is 0.423 e. The molecule has 4 aromatic rings. The first kappa shape index (κ1) is 13.0. The zero-order valence-electron chi connectivity index (χ0n) is 11.8. The maximum Gasteiger partial charge on any atom is 0.336 e. The summed E-state index contributed by atoms with van der Waals surface area (Å²) in [6.07, 6.45) is 0. The highest BCUT2D eigenvalue weighted by Gasteiger charge is 2.09. The minimum absolute atomic E-state index is 0.339. The summed E-state index contributed by atoms with van der Waals surface area (Å²) in [7, 11) is 0. The van der Waals surface area contributed by atoms with Gasteiger partial charge in [0.1, 0.15) is 5.58 Å². The third kappa shape index (κ3) is 2.25. The van der Waals surface area contributed by atoms with Gasteiger partial charge in [-0.15, -0.1) is 0 Å². The monoisotopic (exact) mass is 308 g/mol. The molecule has 0 aliphatic rings. The fraction of sp³-hybridized carbons (Fsp3) is 0.0588. The van der Waals surface area contributed by atoms with Crippen LogP contribution < -0.4 is 10.9 Å². The minimum atomic E-state index is -0.339. The second-order valence-corrected chi connectivity index (χ2v) is 6.09. The number of fused-ring (bicyclic) bond motifs is 3. The Balaban J connectivity index is 1.81. The van der Waals surface area contributed by atoms with Crippen LogP contribution in [0, 0.1) is 6.92 Å². The Morgan fingerprint density at radius 2 is 1.86 bits per heavy atom. The maximum absolute atomic E-state index is 11.3. The van der Waals surface area contributed by atoms with Crippen LogP contribution in [-0.4, -0.2) is 4.98 Å². The summed E-state index contributed by atoms with van der Waals surface area (Å²) in [5, 5.41) is 5.04. The summed E-state index contributed by atoms with van der Waals surface area (Å²) < 4.78 is 6.22. The highest BCUT2D eigenvalue weighted by atomic mass is 32.1. The van der Waals surface area contributed by atoms with Crippen LogP contribution in [0.4, 0.5) is 10.8 Å². The summed E-state index contributed by atoms with van der Waals surface area (Å²) in [4.78, 5) is 15.9. The number of thiazole rings is 1. The first-order chi connectivity index (χ1) is 10.7. The Morgan fingerprint density at radius 3 is 2.68 bits per heavy atom. The van der Waals surface area contributed by atoms with Crippen LogP contribution >= 0.6 is 11.3 Å². The summed E-state index contributed by atoms with van der Waals surface area (Å²) in [6, 6.07) is 15.0. The van der Waals surface area contributed by atoms with Crippen molar-refractivity contribution in [1.82, 2.24) is 4.98 Å². The van der Waals surface area contributed by atoms with Gasteiger partial charge in [-0.1, -0.05) is 29.0 Å². The van der Waals surface area contributed by atoms with Gasteiger partial charge in [-0.3, -0.25) is 0 Å². The zero-order valence-corrected chi connectivity index (χ0v) is 12.6. The molecule has 0 bridgehead atoms. The van der Waals surface area contributed by atoms with Crippen molar-refractivity contribution >= 4 is 43.3 Å². The lowest BCUT2D eigenvalue weighted by Gasteiger charge is -2.01. The van der Waals surface area contributed by atoms with E-state index >= 15 is 0 Å². The number of anilines is 2. The number of hydrogen-bond acceptors (Lipinski definition) is 5. The standard InChI is InChI=1S/C17H12N2O2S/c1-10-2-4-11(5-3-10)18-17-19-13-7-8-14-12(16(13)22-17)6-9-15(20)21-14/h2-9H,1H3,(H,18,19). The molecule has 0 aliphatic heterocycles. The number of nitrogens with one attached hydrogen (secondary N) is 1. The van der Waals surface area contributed by atoms with Crippen molar-refractivity contribution in [3.05, 3.63) is 64.5 Å². The molecule has 0 unspecified atom stereocenters. The van der Waals surface area contributed by atoms with Crippen molar-refractivity contribution in [2.75, 3.05) is 5.32 Å². The van der Waals surface area contributed by atoms with Crippen molar-refractivity contribution in [2.45, 2.75) is 6.92 Å². The van der Waals surface area contributed by atoms with Crippen LogP contribution in [0.15, 0.2) is 57.7 Å². The lowest BCUT2D eigenvalue weighted by atomic mass is 10.2. The van der Waals surface area contributed by atoms with Gasteiger partial charge in [0, 0.05) is 17.1 Å². The fourth-order valence-electron chi connectivity index (χ4n) is 2.35. The Morgan fingerprint density at radius 1 is 1.05 bits per heavy atom. The quantitative estimate of drug-likeness (QED) is 0.556. The maximum atomic E-state index is 11.3. The first-order valence-corrected chi connectivity index (χ1v) is 7.68. The van der Waals surface area contributed by atoms with Crippen LogP contribution in [0.5, 0.6) is 0 Å². The van der Waals surface area contributed by atoms with E-state index in [1.54, 1.807) is 23.5 Å². The molecule has 1 N–H and O–H groups in total. The fourth-order valence-corrected chi connectivity index (χ4v) is 3.35. The average Bonchev–Trinajstić information content (AvgIpc) is 2.92. The molecule has 4 nitrogen and oxygen atoms in total. The van der Waals surface area contributed by atoms with Gasteiger partial charge in [-0.2, -0.15) is 0 Å². The van der Waals surface area contributed by atoms with E-state index in [9.17, 15) is 4.79 Å². The molecule has 0 amide bonds. The van der Waals surface area contributed by atoms with E-state index in [1.165, 1.54) is 11.6 Å². The van der Waals surface area contributed by atoms with Crippen molar-refractivity contribution in [3.63, 3.8) is 0 Å². The highest BCUT2D eigenvalue weighted by molar-refractivity contribution is 7.23. The van der Waals surface area contributed by atoms with Crippen molar-refractivity contribution < 1.29 is 4.42 Å². The molecule has 2 heterocycles. The topological polar surface area (TPSA) is 55.1 Å². The van der Waals surface area contributed by atoms with Gasteiger partial charge in [0.25, 0.3) is 0 Å². The van der Waals surface area contributed by atoms with E-state index in [-0.39, 0.29) is 5.63 Å². The number of hydrogen-bond donors (Lipinski definition) is 1. The highest BCUT2D eigenvalue weighted by Crippen LogP contribution is 2.33. The number of aryl methyl sites for hydroxylation is 1. The smallest absolute Gasteiger partial charge is 0.336 e. The molecule has 108 valence electrons. The van der Waals surface area contributed by atoms with Gasteiger partial charge in [0.2, 0.25) is 0 Å². The first-order valence-electron chi connectivity index (χ1n) is 6.86. The van der Waals surface area contributed by atoms with E-state index < -0.39 is 0 Å². The number of aromatic nitrogens is 1. The Bertz CT molecular complexity index is 1030. The van der Waals surface area contributed by atoms with Gasteiger partial charge >= 0.3 is 5.63 Å². The second-order valence-electron chi connectivity index (χ2n) is 5.09. The SMILES string of the molecule is Cc1ccc(Nc2nc3ccc4oc(=O)ccc4c3s2)cc1. The molecule has 4 rings (SSSR count). The van der Waals surface area contributed by atoms with Gasteiger partial charge < -0.3 is 9.73 Å². The molecule has 0 atom stereocenters. The molecule has 0 aliphatic carbocycles. The molecule has 0 spiro atoms. The van der Waals surface area contributed by atoms with Crippen LogP contribution in [0.25, 0.3) is 21.2 Å². The van der Waals surface area contributed by atoms with Gasteiger partial charge in [0.05, 0.1) is 10.2 Å². The molecule has 0 radical (unpaired) electrons. The number of rotatable bonds is 2. The molecule has 0 fully saturated rings. The van der Waals surface area contributed by atoms with Gasteiger partial charge in [0.15, 0.2) is 5.13 Å². The summed E-state index contributed by atoms with van der Waals surface area (Å²) in [5.41, 5.74) is 3.36. The van der Waals surface area contributed by atoms with E-state index in [2.05, 4.69) is 29.4 Å². The summed E-state index contributed by atoms with van der Waals surface area (Å²) in [6.45, 7) is 2.06. The Hall–Kier alpha value is -2.66. The third-order valence-corrected chi connectivity index (χ3v) is 4.48. The summed E-state index contributed by atoms with van der Waals surface area (Å²) in [5.74, 6) is 0. The zero-order chi connectivity index (χ0) is 15.1. The molecule has 5 heteroatoms. The second kappa shape index (κ2) is 4.96. The predicted octanol–water partition coefficient (Wildman–Crippen LogP) is 4.45. The number of nitrogens with zero attached hydrogens (tertiary/aromatic N) is 1. The van der Waals surface area contributed by atoms with Crippen molar-refractivity contribution in [1.29, 1.82) is 0 Å². The van der Waals surface area contributed by atoms with E-state index in [4.69, 9.17) is 4.42 Å². The van der Waals surface area contributed by atoms with E-state index in [0.717, 1.165) is 26.4 Å². The lowest BCUT2D eigenvalue weighted by molar-refractivity contribution is 0.561. The van der Waals surface area contributed by atoms with Crippen LogP contribution in [-0.2, 0) is 0 Å². The van der Waals surface area contributed by atoms with Crippen molar-refractivity contribution in [2.24, 2.45) is 0 Å². The average molecular weight is 308 g/mol. The van der Waals surface area contributed by atoms with Crippen LogP contribution in [0.2, 0.25) is 0 Å². The number of benzene rings is 2. The van der Waals surface area contributed by atoms with Crippen LogP contribution in [0.3, 0.4) is 0 Å². The molecular weight excluding hydrogens is 296 g/mol. The Labute approximate surface area is 130 Å². The van der Waals surface area contributed by atoms with Crippen molar-refractivity contribution in [3.8, 4) is 0 Å². The summed E-state index contributed by atoms with van der Waals surface area (Å²) >= 11 is 1.55. The molecule has 0 saturated heterocycles. The normalized spacial score (nSPS) is 11.1. The molecule has 2 aromatic carbocycles. The van der Waals surface area contributed by atoms with E-state index in [1.807, 2.05) is 18.2 Å². The van der Waals surface area contributed by atoms with Gasteiger partial charge in [-0.05, 0) is 37.3 Å². The predicted molar refractivity (Wildman–Crippen MR) is 90.1 cm³/mol. The molecule has 2 aromatic heterocycles. The van der Waals surface area contributed by atoms with Crippen LogP contribution in [0.1, 0.15) is 5.56 Å². The van der Waals surface area contributed by atoms with E-state index in [0.29, 0.717) is 5.58 Å². The minimum Gasteiger partial charge on any atom is -0.423 e. The molecular formula is C17H12N2O2S. The molecule has 22 heavy (non-hydrogen) atoms. The van der Waals surface area contributed by atoms with Gasteiger partial charge in [-0.25, -0.2) is 9.78 Å².